The third-order valence-corrected chi connectivity index (χ3v) is 4.30. The van der Waals surface area contributed by atoms with Gasteiger partial charge in [-0.05, 0) is 50.3 Å². The summed E-state index contributed by atoms with van der Waals surface area (Å²) in [5.41, 5.74) is 0.520. The Morgan fingerprint density at radius 2 is 2.14 bits per heavy atom. The second-order valence-electron chi connectivity index (χ2n) is 6.33. The molecule has 5 nitrogen and oxygen atoms in total. The number of amides is 1. The minimum Gasteiger partial charge on any atom is -0.478 e. The molecule has 0 aliphatic carbocycles. The average Bonchev–Trinajstić information content (AvgIpc) is 2.95. The van der Waals surface area contributed by atoms with Crippen molar-refractivity contribution in [3.8, 4) is 0 Å². The number of carbonyl (C=O) groups excluding carboxylic acids is 1. The molecule has 1 heterocycles. The van der Waals surface area contributed by atoms with Gasteiger partial charge in [0.2, 0.25) is 0 Å². The van der Waals surface area contributed by atoms with Gasteiger partial charge in [-0.25, -0.2) is 4.79 Å². The monoisotopic (exact) mass is 305 g/mol. The highest BCUT2D eigenvalue weighted by Crippen LogP contribution is 2.24. The summed E-state index contributed by atoms with van der Waals surface area (Å²) in [5, 5.41) is 9.03. The summed E-state index contributed by atoms with van der Waals surface area (Å²) >= 11 is 0. The number of carboxylic acids is 1. The Balaban J connectivity index is 1.98. The summed E-state index contributed by atoms with van der Waals surface area (Å²) in [5.74, 6) is -0.538. The van der Waals surface area contributed by atoms with E-state index in [1.165, 1.54) is 0 Å². The van der Waals surface area contributed by atoms with Crippen LogP contribution in [0.2, 0.25) is 0 Å². The molecule has 1 saturated heterocycles. The zero-order valence-electron chi connectivity index (χ0n) is 13.3. The van der Waals surface area contributed by atoms with Gasteiger partial charge in [-0.2, -0.15) is 0 Å². The van der Waals surface area contributed by atoms with Gasteiger partial charge in [0.05, 0.1) is 5.56 Å². The van der Waals surface area contributed by atoms with Crippen LogP contribution in [0, 0.1) is 5.92 Å². The number of nitrogens with zero attached hydrogens (tertiary/aromatic N) is 1. The maximum Gasteiger partial charge on any atom is 0.335 e. The Hall–Kier alpha value is -1.88. The van der Waals surface area contributed by atoms with E-state index in [0.29, 0.717) is 18.0 Å². The third kappa shape index (κ3) is 3.65. The highest BCUT2D eigenvalue weighted by molar-refractivity contribution is 5.87. The number of aromatic carboxylic acids is 1. The molecule has 1 atom stereocenters. The van der Waals surface area contributed by atoms with Gasteiger partial charge in [0.15, 0.2) is 0 Å². The van der Waals surface area contributed by atoms with Crippen molar-refractivity contribution in [2.24, 2.45) is 5.92 Å². The molecule has 1 aliphatic heterocycles. The number of rotatable bonds is 5. The fourth-order valence-electron chi connectivity index (χ4n) is 2.82. The first-order valence-electron chi connectivity index (χ1n) is 7.50. The van der Waals surface area contributed by atoms with Crippen LogP contribution in [0.5, 0.6) is 0 Å². The first kappa shape index (κ1) is 16.5. The molecule has 5 heteroatoms. The molecule has 0 aromatic heterocycles. The van der Waals surface area contributed by atoms with Crippen LogP contribution >= 0.6 is 0 Å². The molecule has 1 aromatic rings. The Morgan fingerprint density at radius 1 is 1.41 bits per heavy atom. The molecule has 1 aliphatic rings. The predicted molar refractivity (Wildman–Crippen MR) is 82.9 cm³/mol. The van der Waals surface area contributed by atoms with Crippen molar-refractivity contribution >= 4 is 11.9 Å². The lowest BCUT2D eigenvalue weighted by Crippen LogP contribution is -2.45. The van der Waals surface area contributed by atoms with Crippen molar-refractivity contribution in [3.63, 3.8) is 0 Å². The van der Waals surface area contributed by atoms with Crippen LogP contribution in [0.3, 0.4) is 0 Å². The fourth-order valence-corrected chi connectivity index (χ4v) is 2.82. The maximum atomic E-state index is 12.4. The van der Waals surface area contributed by atoms with Gasteiger partial charge in [-0.3, -0.25) is 4.79 Å². The van der Waals surface area contributed by atoms with E-state index in [0.717, 1.165) is 24.9 Å². The molecule has 0 radical (unpaired) electrons. The van der Waals surface area contributed by atoms with Crippen LogP contribution in [-0.2, 0) is 16.0 Å². The van der Waals surface area contributed by atoms with Crippen LogP contribution in [0.25, 0.3) is 0 Å². The lowest BCUT2D eigenvalue weighted by atomic mass is 9.97. The molecule has 2 rings (SSSR count). The summed E-state index contributed by atoms with van der Waals surface area (Å²) in [4.78, 5) is 25.2. The minimum absolute atomic E-state index is 0.0109. The quantitative estimate of drug-likeness (QED) is 0.905. The Morgan fingerprint density at radius 3 is 2.77 bits per heavy atom. The molecular weight excluding hydrogens is 282 g/mol. The second kappa shape index (κ2) is 6.48. The van der Waals surface area contributed by atoms with Crippen molar-refractivity contribution in [2.45, 2.75) is 32.3 Å². The van der Waals surface area contributed by atoms with Gasteiger partial charge in [0, 0.05) is 20.2 Å². The van der Waals surface area contributed by atoms with E-state index in [1.807, 2.05) is 11.0 Å². The molecule has 0 unspecified atom stereocenters. The Bertz CT molecular complexity index is 568. The number of methoxy groups -OCH3 is 1. The van der Waals surface area contributed by atoms with E-state index in [1.54, 1.807) is 39.2 Å². The minimum atomic E-state index is -0.910. The van der Waals surface area contributed by atoms with Gasteiger partial charge < -0.3 is 14.7 Å². The summed E-state index contributed by atoms with van der Waals surface area (Å²) in [6.07, 6.45) is 1.72. The highest BCUT2D eigenvalue weighted by Gasteiger charge is 2.35. The van der Waals surface area contributed by atoms with Crippen LogP contribution in [0.15, 0.2) is 24.3 Å². The molecule has 0 spiro atoms. The lowest BCUT2D eigenvalue weighted by molar-refractivity contribution is -0.150. The van der Waals surface area contributed by atoms with E-state index >= 15 is 0 Å². The Kier molecular flexibility index (Phi) is 4.86. The van der Waals surface area contributed by atoms with Gasteiger partial charge >= 0.3 is 5.97 Å². The van der Waals surface area contributed by atoms with Crippen molar-refractivity contribution < 1.29 is 19.4 Å². The molecule has 1 amide bonds. The average molecular weight is 305 g/mol. The smallest absolute Gasteiger partial charge is 0.335 e. The second-order valence-corrected chi connectivity index (χ2v) is 6.33. The van der Waals surface area contributed by atoms with Crippen LogP contribution in [0.1, 0.15) is 36.2 Å². The van der Waals surface area contributed by atoms with E-state index in [-0.39, 0.29) is 5.91 Å². The van der Waals surface area contributed by atoms with Gasteiger partial charge in [0.25, 0.3) is 5.91 Å². The van der Waals surface area contributed by atoms with E-state index < -0.39 is 11.6 Å². The van der Waals surface area contributed by atoms with Gasteiger partial charge in [-0.15, -0.1) is 0 Å². The van der Waals surface area contributed by atoms with E-state index in [4.69, 9.17) is 9.84 Å². The van der Waals surface area contributed by atoms with Crippen LogP contribution < -0.4 is 0 Å². The molecule has 1 fully saturated rings. The van der Waals surface area contributed by atoms with E-state index in [2.05, 4.69) is 0 Å². The van der Waals surface area contributed by atoms with E-state index in [9.17, 15) is 9.59 Å². The molecular formula is C17H23NO4. The standard InChI is InChI=1S/C17H23NO4/c1-17(2,22-3)16(21)18-8-7-13(11-18)9-12-5-4-6-14(10-12)15(19)20/h4-6,10,13H,7-9,11H2,1-3H3,(H,19,20)/t13-/m1/s1. The Labute approximate surface area is 130 Å². The summed E-state index contributed by atoms with van der Waals surface area (Å²) < 4.78 is 5.25. The number of ether oxygens (including phenoxy) is 1. The molecule has 0 saturated carbocycles. The number of carboxylic acid groups (broad SMARTS) is 1. The first-order valence-corrected chi connectivity index (χ1v) is 7.50. The zero-order valence-corrected chi connectivity index (χ0v) is 13.3. The number of carbonyl (C=O) groups is 2. The zero-order chi connectivity index (χ0) is 16.3. The highest BCUT2D eigenvalue weighted by atomic mass is 16.5. The van der Waals surface area contributed by atoms with Crippen molar-refractivity contribution in [1.82, 2.24) is 4.90 Å². The van der Waals surface area contributed by atoms with Gasteiger partial charge in [-0.1, -0.05) is 12.1 Å². The summed E-state index contributed by atoms with van der Waals surface area (Å²) in [7, 11) is 1.54. The van der Waals surface area contributed by atoms with Crippen LogP contribution in [0.4, 0.5) is 0 Å². The van der Waals surface area contributed by atoms with Crippen molar-refractivity contribution in [2.75, 3.05) is 20.2 Å². The molecule has 1 N–H and O–H groups in total. The van der Waals surface area contributed by atoms with Crippen molar-refractivity contribution in [1.29, 1.82) is 0 Å². The number of hydrogen-bond donors (Lipinski definition) is 1. The normalized spacial score (nSPS) is 18.5. The SMILES string of the molecule is COC(C)(C)C(=O)N1CC[C@H](Cc2cccc(C(=O)O)c2)C1. The largest absolute Gasteiger partial charge is 0.478 e. The summed E-state index contributed by atoms with van der Waals surface area (Å²) in [6.45, 7) is 4.98. The van der Waals surface area contributed by atoms with Crippen molar-refractivity contribution in [3.05, 3.63) is 35.4 Å². The summed E-state index contributed by atoms with van der Waals surface area (Å²) in [6, 6.07) is 7.02. The lowest BCUT2D eigenvalue weighted by Gasteiger charge is -2.28. The molecule has 1 aromatic carbocycles. The van der Waals surface area contributed by atoms with Gasteiger partial charge in [0.1, 0.15) is 5.60 Å². The third-order valence-electron chi connectivity index (χ3n) is 4.30. The topological polar surface area (TPSA) is 66.8 Å². The maximum absolute atomic E-state index is 12.4. The fraction of sp³-hybridized carbons (Fsp3) is 0.529. The van der Waals surface area contributed by atoms with Crippen LogP contribution in [-0.4, -0.2) is 47.7 Å². The number of hydrogen-bond acceptors (Lipinski definition) is 3. The molecule has 120 valence electrons. The molecule has 0 bridgehead atoms. The molecule has 22 heavy (non-hydrogen) atoms. The first-order chi connectivity index (χ1) is 10.3. The number of likely N-dealkylation sites (tertiary alicyclic amines) is 1. The predicted octanol–water partition coefficient (Wildman–Crippen LogP) is 2.20. The number of benzene rings is 1.